The molecule has 5 heteroatoms. The van der Waals surface area contributed by atoms with Gasteiger partial charge in [0.25, 0.3) is 5.91 Å². The molecule has 0 aliphatic carbocycles. The monoisotopic (exact) mass is 344 g/mol. The smallest absolute Gasteiger partial charge is 0.272 e. The highest BCUT2D eigenvalue weighted by Crippen LogP contribution is 2.23. The van der Waals surface area contributed by atoms with Gasteiger partial charge in [0.1, 0.15) is 5.69 Å². The second-order valence-corrected chi connectivity index (χ2v) is 8.01. The zero-order chi connectivity index (χ0) is 17.8. The number of anilines is 1. The fourth-order valence-electron chi connectivity index (χ4n) is 3.64. The minimum Gasteiger partial charge on any atom is -0.341 e. The van der Waals surface area contributed by atoms with Crippen LogP contribution in [0.15, 0.2) is 6.07 Å². The molecule has 2 aliphatic heterocycles. The van der Waals surface area contributed by atoms with E-state index in [4.69, 9.17) is 9.97 Å². The summed E-state index contributed by atoms with van der Waals surface area (Å²) < 4.78 is 0. The normalized spacial score (nSPS) is 20.0. The first-order chi connectivity index (χ1) is 12.0. The van der Waals surface area contributed by atoms with Gasteiger partial charge in [0.2, 0.25) is 5.95 Å². The number of rotatable bonds is 3. The van der Waals surface area contributed by atoms with Crippen molar-refractivity contribution in [3.63, 3.8) is 0 Å². The third-order valence-electron chi connectivity index (χ3n) is 5.50. The molecule has 138 valence electrons. The summed E-state index contributed by atoms with van der Waals surface area (Å²) >= 11 is 0. The van der Waals surface area contributed by atoms with Crippen LogP contribution in [0.2, 0.25) is 0 Å². The molecule has 2 saturated heterocycles. The number of carbonyl (C=O) groups excluding carboxylic acids is 1. The Morgan fingerprint density at radius 2 is 1.68 bits per heavy atom. The average molecular weight is 345 g/mol. The summed E-state index contributed by atoms with van der Waals surface area (Å²) in [6, 6.07) is 1.91. The summed E-state index contributed by atoms with van der Waals surface area (Å²) in [7, 11) is 0. The van der Waals surface area contributed by atoms with Crippen LogP contribution < -0.4 is 4.90 Å². The molecule has 3 heterocycles. The maximum atomic E-state index is 13.0. The lowest BCUT2D eigenvalue weighted by molar-refractivity contribution is 0.0691. The molecule has 1 aromatic heterocycles. The van der Waals surface area contributed by atoms with E-state index in [1.165, 1.54) is 25.7 Å². The van der Waals surface area contributed by atoms with Crippen molar-refractivity contribution >= 4 is 11.9 Å². The Labute approximate surface area is 151 Å². The maximum Gasteiger partial charge on any atom is 0.272 e. The molecule has 0 atom stereocenters. The first kappa shape index (κ1) is 18.2. The van der Waals surface area contributed by atoms with Crippen LogP contribution in [0.25, 0.3) is 0 Å². The van der Waals surface area contributed by atoms with E-state index in [9.17, 15) is 4.79 Å². The Hall–Kier alpha value is -1.65. The van der Waals surface area contributed by atoms with Crippen molar-refractivity contribution in [2.24, 2.45) is 5.92 Å². The predicted octanol–water partition coefficient (Wildman–Crippen LogP) is 3.85. The number of hydrogen-bond acceptors (Lipinski definition) is 4. The van der Waals surface area contributed by atoms with E-state index in [1.807, 2.05) is 11.0 Å². The van der Waals surface area contributed by atoms with Gasteiger partial charge >= 0.3 is 0 Å². The number of nitrogens with zero attached hydrogens (tertiary/aromatic N) is 4. The van der Waals surface area contributed by atoms with Crippen molar-refractivity contribution in [3.8, 4) is 0 Å². The molecule has 2 fully saturated rings. The van der Waals surface area contributed by atoms with Gasteiger partial charge in [-0.2, -0.15) is 0 Å². The summed E-state index contributed by atoms with van der Waals surface area (Å²) in [5.74, 6) is 1.84. The lowest BCUT2D eigenvalue weighted by Gasteiger charge is -2.30. The minimum atomic E-state index is 0.0762. The lowest BCUT2D eigenvalue weighted by Crippen LogP contribution is -2.38. The summed E-state index contributed by atoms with van der Waals surface area (Å²) in [6.45, 7) is 10.2. The van der Waals surface area contributed by atoms with Crippen LogP contribution in [0.1, 0.15) is 81.4 Å². The van der Waals surface area contributed by atoms with E-state index in [0.717, 1.165) is 50.7 Å². The zero-order valence-electron chi connectivity index (χ0n) is 16.0. The van der Waals surface area contributed by atoms with E-state index in [1.54, 1.807) is 0 Å². The molecule has 1 aromatic rings. The molecule has 0 saturated carbocycles. The molecular weight excluding hydrogens is 312 g/mol. The SMILES string of the molecule is CC1CCN(C(=O)c2cc(C(C)C)nc(N3CCCCCC3)n2)CC1. The Morgan fingerprint density at radius 1 is 1.04 bits per heavy atom. The molecule has 3 rings (SSSR count). The second kappa shape index (κ2) is 8.15. The zero-order valence-corrected chi connectivity index (χ0v) is 16.0. The van der Waals surface area contributed by atoms with Gasteiger partial charge < -0.3 is 9.80 Å². The molecule has 0 radical (unpaired) electrons. The molecule has 25 heavy (non-hydrogen) atoms. The molecule has 1 amide bonds. The highest BCUT2D eigenvalue weighted by Gasteiger charge is 2.25. The van der Waals surface area contributed by atoms with E-state index in [0.29, 0.717) is 17.5 Å². The number of hydrogen-bond donors (Lipinski definition) is 0. The molecule has 0 spiro atoms. The number of likely N-dealkylation sites (tertiary alicyclic amines) is 1. The lowest BCUT2D eigenvalue weighted by atomic mass is 9.99. The van der Waals surface area contributed by atoms with Crippen LogP contribution >= 0.6 is 0 Å². The van der Waals surface area contributed by atoms with Crippen molar-refractivity contribution in [2.45, 2.75) is 65.2 Å². The highest BCUT2D eigenvalue weighted by molar-refractivity contribution is 5.92. The summed E-state index contributed by atoms with van der Waals surface area (Å²) in [5, 5.41) is 0. The molecule has 0 N–H and O–H groups in total. The fourth-order valence-corrected chi connectivity index (χ4v) is 3.64. The molecule has 0 unspecified atom stereocenters. The van der Waals surface area contributed by atoms with Gasteiger partial charge in [-0.15, -0.1) is 0 Å². The van der Waals surface area contributed by atoms with Gasteiger partial charge in [-0.3, -0.25) is 4.79 Å². The van der Waals surface area contributed by atoms with Crippen molar-refractivity contribution < 1.29 is 4.79 Å². The largest absolute Gasteiger partial charge is 0.341 e. The molecule has 2 aliphatic rings. The van der Waals surface area contributed by atoms with Crippen LogP contribution in [-0.4, -0.2) is 47.0 Å². The number of aromatic nitrogens is 2. The third kappa shape index (κ3) is 4.50. The van der Waals surface area contributed by atoms with E-state index < -0.39 is 0 Å². The fraction of sp³-hybridized carbons (Fsp3) is 0.750. The Balaban J connectivity index is 1.85. The van der Waals surface area contributed by atoms with Gasteiger partial charge in [-0.1, -0.05) is 33.6 Å². The summed E-state index contributed by atoms with van der Waals surface area (Å²) in [5.41, 5.74) is 1.55. The van der Waals surface area contributed by atoms with Crippen LogP contribution in [0.4, 0.5) is 5.95 Å². The Bertz CT molecular complexity index is 585. The van der Waals surface area contributed by atoms with Crippen molar-refractivity contribution in [1.29, 1.82) is 0 Å². The number of amides is 1. The van der Waals surface area contributed by atoms with Crippen LogP contribution in [0, 0.1) is 5.92 Å². The second-order valence-electron chi connectivity index (χ2n) is 8.01. The molecular formula is C20H32N4O. The third-order valence-corrected chi connectivity index (χ3v) is 5.50. The van der Waals surface area contributed by atoms with Gasteiger partial charge in [0.15, 0.2) is 0 Å². The van der Waals surface area contributed by atoms with E-state index in [-0.39, 0.29) is 5.91 Å². The van der Waals surface area contributed by atoms with Crippen LogP contribution in [0.5, 0.6) is 0 Å². The van der Waals surface area contributed by atoms with Crippen molar-refractivity contribution in [2.75, 3.05) is 31.1 Å². The van der Waals surface area contributed by atoms with E-state index in [2.05, 4.69) is 25.7 Å². The summed E-state index contributed by atoms with van der Waals surface area (Å²) in [4.78, 5) is 26.7. The van der Waals surface area contributed by atoms with Gasteiger partial charge in [0.05, 0.1) is 0 Å². The van der Waals surface area contributed by atoms with Crippen LogP contribution in [0.3, 0.4) is 0 Å². The maximum absolute atomic E-state index is 13.0. The Morgan fingerprint density at radius 3 is 2.28 bits per heavy atom. The average Bonchev–Trinajstić information content (AvgIpc) is 2.91. The number of carbonyl (C=O) groups is 1. The minimum absolute atomic E-state index is 0.0762. The van der Waals surface area contributed by atoms with Gasteiger partial charge in [-0.05, 0) is 43.6 Å². The Kier molecular flexibility index (Phi) is 5.92. The van der Waals surface area contributed by atoms with Gasteiger partial charge in [-0.25, -0.2) is 9.97 Å². The van der Waals surface area contributed by atoms with Crippen LogP contribution in [-0.2, 0) is 0 Å². The number of piperidine rings is 1. The summed E-state index contributed by atoms with van der Waals surface area (Å²) in [6.07, 6.45) is 7.10. The molecule has 5 nitrogen and oxygen atoms in total. The predicted molar refractivity (Wildman–Crippen MR) is 101 cm³/mol. The molecule has 0 aromatic carbocycles. The first-order valence-electron chi connectivity index (χ1n) is 9.98. The topological polar surface area (TPSA) is 49.3 Å². The van der Waals surface area contributed by atoms with Crippen molar-refractivity contribution in [3.05, 3.63) is 17.5 Å². The van der Waals surface area contributed by atoms with Gasteiger partial charge in [0, 0.05) is 31.9 Å². The molecule has 0 bridgehead atoms. The van der Waals surface area contributed by atoms with Crippen molar-refractivity contribution in [1.82, 2.24) is 14.9 Å². The first-order valence-corrected chi connectivity index (χ1v) is 9.98. The quantitative estimate of drug-likeness (QED) is 0.835. The standard InChI is InChI=1S/C20H32N4O/c1-15(2)17-14-18(19(25)23-12-8-16(3)9-13-23)22-20(21-17)24-10-6-4-5-7-11-24/h14-16H,4-13H2,1-3H3. The van der Waals surface area contributed by atoms with E-state index >= 15 is 0 Å². The highest BCUT2D eigenvalue weighted by atomic mass is 16.2.